The Kier molecular flexibility index (Phi) is 15.2. The molecule has 0 N–H and O–H groups in total. The van der Waals surface area contributed by atoms with Crippen LogP contribution in [0.15, 0.2) is 12.2 Å². The summed E-state index contributed by atoms with van der Waals surface area (Å²) in [5.74, 6) is 12.5. The summed E-state index contributed by atoms with van der Waals surface area (Å²) in [6.07, 6.45) is 56.9. The summed E-state index contributed by atoms with van der Waals surface area (Å²) < 4.78 is 0. The third-order valence-corrected chi connectivity index (χ3v) is 27.1. The zero-order chi connectivity index (χ0) is 38.5. The maximum Gasteiger partial charge on any atom is -0.0107 e. The van der Waals surface area contributed by atoms with Gasteiger partial charge < -0.3 is 0 Å². The summed E-state index contributed by atoms with van der Waals surface area (Å²) in [7, 11) is -0.541. The normalized spacial score (nSPS) is 48.2. The maximum absolute atomic E-state index is 2.97. The molecule has 322 valence electrons. The van der Waals surface area contributed by atoms with Crippen molar-refractivity contribution < 1.29 is 0 Å². The van der Waals surface area contributed by atoms with Gasteiger partial charge in [0.15, 0.2) is 0 Å². The van der Waals surface area contributed by atoms with Gasteiger partial charge in [-0.15, -0.1) is 0 Å². The minimum absolute atomic E-state index is 0.541. The number of fused-ring (bicyclic) bond motifs is 8. The zero-order valence-electron chi connectivity index (χ0n) is 38.2. The Morgan fingerprint density at radius 2 is 1.16 bits per heavy atom. The van der Waals surface area contributed by atoms with Crippen LogP contribution in [0.1, 0.15) is 240 Å². The largest absolute Gasteiger partial charge is 0.233 e. The van der Waals surface area contributed by atoms with Gasteiger partial charge in [-0.1, -0.05) is 162 Å². The fourth-order valence-corrected chi connectivity index (χ4v) is 25.2. The molecule has 7 aliphatic carbocycles. The molecular formula is C55H96S. The van der Waals surface area contributed by atoms with E-state index in [0.717, 1.165) is 80.8 Å². The molecule has 15 atom stereocenters. The van der Waals surface area contributed by atoms with Crippen molar-refractivity contribution in [2.24, 2.45) is 70.5 Å². The van der Waals surface area contributed by atoms with Crippen LogP contribution in [0.4, 0.5) is 0 Å². The lowest BCUT2D eigenvalue weighted by molar-refractivity contribution is -0.0760. The third-order valence-electron chi connectivity index (χ3n) is 20.9. The van der Waals surface area contributed by atoms with E-state index in [9.17, 15) is 0 Å². The highest BCUT2D eigenvalue weighted by Gasteiger charge is 2.65. The maximum atomic E-state index is 2.97. The molecule has 8 rings (SSSR count). The van der Waals surface area contributed by atoms with Crippen LogP contribution < -0.4 is 0 Å². The van der Waals surface area contributed by atoms with E-state index < -0.39 is 10.0 Å². The van der Waals surface area contributed by atoms with Gasteiger partial charge in [0.25, 0.3) is 0 Å². The molecule has 1 heteroatoms. The zero-order valence-corrected chi connectivity index (χ0v) is 39.0. The molecule has 0 aromatic carbocycles. The molecule has 0 radical (unpaired) electrons. The van der Waals surface area contributed by atoms with Crippen LogP contribution in [0.25, 0.3) is 0 Å². The number of allylic oxidation sites excluding steroid dienone is 2. The van der Waals surface area contributed by atoms with E-state index in [2.05, 4.69) is 39.8 Å². The topological polar surface area (TPSA) is 0 Å². The Hall–Kier alpha value is 0.0900. The molecule has 1 saturated heterocycles. The highest BCUT2D eigenvalue weighted by atomic mass is 32.3. The van der Waals surface area contributed by atoms with Gasteiger partial charge in [-0.2, -0.15) is 0 Å². The monoisotopic (exact) mass is 789 g/mol. The Bertz CT molecular complexity index is 1210. The summed E-state index contributed by atoms with van der Waals surface area (Å²) in [4.78, 5) is 0. The summed E-state index contributed by atoms with van der Waals surface area (Å²) in [5, 5.41) is 3.17. The van der Waals surface area contributed by atoms with Crippen LogP contribution in [0.3, 0.4) is 0 Å². The first-order chi connectivity index (χ1) is 27.5. The van der Waals surface area contributed by atoms with Gasteiger partial charge in [-0.05, 0) is 182 Å². The van der Waals surface area contributed by atoms with E-state index in [1.54, 1.807) is 153 Å². The standard InChI is InChI=1S/C55H96S/c1-5-44-40-54-51(34-16-7-12-27-46-30-23-36-49(44)46)50-35-18-19-38-53(50)55(54)41(2)24-10-6-13-28-47-31-22-29-45(26-11-8-17-37-52(47)55)43(4)56(39-21-20-25-42(56)3)48-32-14-9-15-33-48/h16,34,41-54H,5-15,17-33,35-40H2,1-4H3. The fraction of sp³-hybridized carbons (Fsp3) is 0.964. The average Bonchev–Trinajstić information content (AvgIpc) is 3.79. The Balaban J connectivity index is 1.13. The van der Waals surface area contributed by atoms with Crippen molar-refractivity contribution in [3.05, 3.63) is 12.2 Å². The molecule has 1 heterocycles. The number of hydrogen-bond acceptors (Lipinski definition) is 0. The summed E-state index contributed by atoms with van der Waals surface area (Å²) in [6, 6.07) is 0. The fourth-order valence-electron chi connectivity index (χ4n) is 18.5. The van der Waals surface area contributed by atoms with Crippen LogP contribution in [0, 0.1) is 70.5 Å². The van der Waals surface area contributed by atoms with Crippen molar-refractivity contribution in [2.45, 2.75) is 255 Å². The lowest BCUT2D eigenvalue weighted by Gasteiger charge is -2.60. The van der Waals surface area contributed by atoms with Gasteiger partial charge in [0.05, 0.1) is 0 Å². The minimum Gasteiger partial charge on any atom is -0.233 e. The SMILES string of the molecule is CCC1CC2C(C=CCCCC3CCCC31)C1CCCCC1C21C(C)CCCCCC2CCCC(C(C)S3(C4CCCCC4)CCCCC3C)CCCCCC21. The molecule has 0 nitrogen and oxygen atoms in total. The second kappa shape index (κ2) is 19.9. The van der Waals surface area contributed by atoms with Gasteiger partial charge in [-0.3, -0.25) is 0 Å². The van der Waals surface area contributed by atoms with Crippen molar-refractivity contribution in [1.29, 1.82) is 0 Å². The molecule has 0 amide bonds. The second-order valence-corrected chi connectivity index (χ2v) is 27.4. The summed E-state index contributed by atoms with van der Waals surface area (Å²) in [6.45, 7) is 11.2. The lowest BCUT2D eigenvalue weighted by Crippen LogP contribution is -2.50. The van der Waals surface area contributed by atoms with Gasteiger partial charge in [-0.25, -0.2) is 10.0 Å². The highest BCUT2D eigenvalue weighted by Crippen LogP contribution is 2.72. The minimum atomic E-state index is -0.541. The quantitative estimate of drug-likeness (QED) is 0.249. The second-order valence-electron chi connectivity index (χ2n) is 23.0. The smallest absolute Gasteiger partial charge is 0.0107 e. The van der Waals surface area contributed by atoms with Gasteiger partial charge >= 0.3 is 0 Å². The van der Waals surface area contributed by atoms with Crippen molar-refractivity contribution in [3.8, 4) is 0 Å². The third kappa shape index (κ3) is 8.35. The Labute approximate surface area is 352 Å². The molecular weight excluding hydrogens is 693 g/mol. The molecule has 8 aliphatic rings. The predicted octanol–water partition coefficient (Wildman–Crippen LogP) is 17.3. The van der Waals surface area contributed by atoms with Crippen LogP contribution in [0.2, 0.25) is 0 Å². The van der Waals surface area contributed by atoms with Crippen LogP contribution in [-0.4, -0.2) is 21.5 Å². The Morgan fingerprint density at radius 3 is 1.98 bits per heavy atom. The molecule has 0 bridgehead atoms. The first kappa shape index (κ1) is 42.8. The number of hydrogen-bond donors (Lipinski definition) is 0. The van der Waals surface area contributed by atoms with Crippen LogP contribution in [-0.2, 0) is 0 Å². The van der Waals surface area contributed by atoms with Crippen LogP contribution in [0.5, 0.6) is 0 Å². The van der Waals surface area contributed by atoms with E-state index in [1.807, 2.05) is 0 Å². The van der Waals surface area contributed by atoms with E-state index in [4.69, 9.17) is 0 Å². The van der Waals surface area contributed by atoms with E-state index in [1.165, 1.54) is 64.2 Å². The summed E-state index contributed by atoms with van der Waals surface area (Å²) >= 11 is 0. The van der Waals surface area contributed by atoms with Crippen molar-refractivity contribution in [3.63, 3.8) is 0 Å². The van der Waals surface area contributed by atoms with Crippen molar-refractivity contribution in [1.82, 2.24) is 0 Å². The molecule has 1 aliphatic heterocycles. The average molecular weight is 789 g/mol. The first-order valence-electron chi connectivity index (χ1n) is 26.9. The van der Waals surface area contributed by atoms with E-state index >= 15 is 0 Å². The van der Waals surface area contributed by atoms with E-state index in [0.29, 0.717) is 5.41 Å². The molecule has 0 aromatic rings. The summed E-state index contributed by atoms with van der Waals surface area (Å²) in [5.41, 5.74) is 0.595. The lowest BCUT2D eigenvalue weighted by atomic mass is 9.49. The Morgan fingerprint density at radius 1 is 0.554 bits per heavy atom. The van der Waals surface area contributed by atoms with Crippen LogP contribution >= 0.6 is 10.0 Å². The molecule has 7 fully saturated rings. The van der Waals surface area contributed by atoms with Gasteiger partial charge in [0.2, 0.25) is 0 Å². The first-order valence-corrected chi connectivity index (χ1v) is 28.9. The van der Waals surface area contributed by atoms with Gasteiger partial charge in [0.1, 0.15) is 0 Å². The predicted molar refractivity (Wildman–Crippen MR) is 249 cm³/mol. The van der Waals surface area contributed by atoms with Crippen molar-refractivity contribution in [2.75, 3.05) is 5.75 Å². The van der Waals surface area contributed by atoms with E-state index in [-0.39, 0.29) is 0 Å². The molecule has 6 saturated carbocycles. The van der Waals surface area contributed by atoms with Crippen molar-refractivity contribution >= 4 is 10.0 Å². The number of rotatable bonds is 4. The molecule has 56 heavy (non-hydrogen) atoms. The molecule has 0 aromatic heterocycles. The van der Waals surface area contributed by atoms with Gasteiger partial charge in [0, 0.05) is 0 Å². The molecule has 15 unspecified atom stereocenters. The highest BCUT2D eigenvalue weighted by molar-refractivity contribution is 8.35. The molecule has 1 spiro atoms.